The van der Waals surface area contributed by atoms with Crippen molar-refractivity contribution in [3.8, 4) is 11.4 Å². The lowest BCUT2D eigenvalue weighted by Gasteiger charge is -2.17. The van der Waals surface area contributed by atoms with Crippen LogP contribution in [0.5, 0.6) is 0 Å². The second-order valence-electron chi connectivity index (χ2n) is 14.5. The molecular weight excluding hydrogens is 643 g/mol. The average Bonchev–Trinajstić information content (AvgIpc) is 3.94. The Bertz CT molecular complexity index is 3030. The summed E-state index contributed by atoms with van der Waals surface area (Å²) in [6, 6.07) is 60.4. The van der Waals surface area contributed by atoms with Crippen molar-refractivity contribution in [1.82, 2.24) is 14.5 Å². The van der Waals surface area contributed by atoms with Gasteiger partial charge in [-0.2, -0.15) is 0 Å². The fourth-order valence-corrected chi connectivity index (χ4v) is 8.93. The van der Waals surface area contributed by atoms with E-state index in [0.717, 1.165) is 12.8 Å². The monoisotopic (exact) mass is 679 g/mol. The number of nitrogens with one attached hydrogen (secondary N) is 1. The minimum Gasteiger partial charge on any atom is -0.378 e. The Kier molecular flexibility index (Phi) is 6.81. The molecule has 252 valence electrons. The zero-order chi connectivity index (χ0) is 34.9. The molecule has 2 aliphatic rings. The van der Waals surface area contributed by atoms with Crippen LogP contribution in [0.4, 0.5) is 0 Å². The molecule has 11 rings (SSSR count). The number of benzene rings is 7. The highest BCUT2D eigenvalue weighted by atomic mass is 15.0. The highest BCUT2D eigenvalue weighted by Crippen LogP contribution is 2.36. The van der Waals surface area contributed by atoms with Crippen LogP contribution in [-0.2, 0) is 0 Å². The van der Waals surface area contributed by atoms with Gasteiger partial charge in [0.2, 0.25) is 0 Å². The van der Waals surface area contributed by atoms with Crippen LogP contribution in [0.15, 0.2) is 170 Å². The number of aromatic nitrogens is 2. The van der Waals surface area contributed by atoms with Crippen LogP contribution < -0.4 is 15.9 Å². The maximum Gasteiger partial charge on any atom is 0.0549 e. The van der Waals surface area contributed by atoms with Crippen molar-refractivity contribution in [2.24, 2.45) is 0 Å². The molecule has 2 atom stereocenters. The van der Waals surface area contributed by atoms with Crippen LogP contribution in [0.1, 0.15) is 41.5 Å². The summed E-state index contributed by atoms with van der Waals surface area (Å²) in [5.74, 6) is 0.288. The third kappa shape index (κ3) is 4.88. The first-order chi connectivity index (χ1) is 26.3. The molecule has 1 aliphatic heterocycles. The lowest BCUT2D eigenvalue weighted by Crippen LogP contribution is -2.31. The van der Waals surface area contributed by atoms with Crippen molar-refractivity contribution >= 4 is 61.3 Å². The predicted molar refractivity (Wildman–Crippen MR) is 222 cm³/mol. The standard InChI is InChI=1S/C50H37N3/c1-2-11-34(12-3-1)45-26-27-46(51-45)35-19-23-39(24-20-35)52-47-16-8-6-14-41(47)43-31-37(21-28-49(43)52)38-22-29-50-44(32-38)42-15-7-9-17-48(42)53(50)40-25-18-33-10-4-5-13-36(33)30-40/h1-20,22-26,28-32,37,46,51H,21,27H2. The quantitative estimate of drug-likeness (QED) is 0.192. The van der Waals surface area contributed by atoms with Gasteiger partial charge in [0.15, 0.2) is 0 Å². The van der Waals surface area contributed by atoms with Crippen molar-refractivity contribution in [3.63, 3.8) is 0 Å². The summed E-state index contributed by atoms with van der Waals surface area (Å²) < 4.78 is 4.88. The summed E-state index contributed by atoms with van der Waals surface area (Å²) in [6.07, 6.45) is 9.25. The zero-order valence-corrected chi connectivity index (χ0v) is 29.3. The third-order valence-corrected chi connectivity index (χ3v) is 11.5. The van der Waals surface area contributed by atoms with Crippen LogP contribution in [-0.4, -0.2) is 9.13 Å². The predicted octanol–water partition coefficient (Wildman–Crippen LogP) is 10.7. The van der Waals surface area contributed by atoms with Gasteiger partial charge in [0, 0.05) is 49.7 Å². The third-order valence-electron chi connectivity index (χ3n) is 11.5. The first-order valence-corrected chi connectivity index (χ1v) is 18.7. The smallest absolute Gasteiger partial charge is 0.0549 e. The summed E-state index contributed by atoms with van der Waals surface area (Å²) in [4.78, 5) is 0. The fraction of sp³-hybridized carbons (Fsp3) is 0.0800. The van der Waals surface area contributed by atoms with Gasteiger partial charge in [-0.25, -0.2) is 0 Å². The number of rotatable bonds is 5. The van der Waals surface area contributed by atoms with Crippen LogP contribution >= 0.6 is 0 Å². The Balaban J connectivity index is 0.964. The molecule has 0 bridgehead atoms. The Morgan fingerprint density at radius 2 is 1.15 bits per heavy atom. The van der Waals surface area contributed by atoms with E-state index < -0.39 is 0 Å². The minimum absolute atomic E-state index is 0.286. The van der Waals surface area contributed by atoms with Gasteiger partial charge in [-0.1, -0.05) is 133 Å². The largest absolute Gasteiger partial charge is 0.378 e. The van der Waals surface area contributed by atoms with E-state index in [0.29, 0.717) is 0 Å². The summed E-state index contributed by atoms with van der Waals surface area (Å²) >= 11 is 0. The second-order valence-corrected chi connectivity index (χ2v) is 14.5. The maximum absolute atomic E-state index is 3.76. The lowest BCUT2D eigenvalue weighted by atomic mass is 9.90. The molecular formula is C50H37N3. The van der Waals surface area contributed by atoms with Crippen molar-refractivity contribution in [2.45, 2.75) is 24.8 Å². The van der Waals surface area contributed by atoms with Crippen LogP contribution in [0.25, 0.3) is 72.7 Å². The van der Waals surface area contributed by atoms with Crippen molar-refractivity contribution in [3.05, 3.63) is 197 Å². The van der Waals surface area contributed by atoms with Crippen molar-refractivity contribution < 1.29 is 0 Å². The molecule has 1 aliphatic carbocycles. The number of fused-ring (bicyclic) bond motifs is 7. The van der Waals surface area contributed by atoms with Gasteiger partial charge < -0.3 is 14.5 Å². The van der Waals surface area contributed by atoms with Gasteiger partial charge in [-0.15, -0.1) is 0 Å². The first kappa shape index (κ1) is 30.1. The van der Waals surface area contributed by atoms with Gasteiger partial charge in [0.1, 0.15) is 0 Å². The molecule has 9 aromatic rings. The van der Waals surface area contributed by atoms with E-state index >= 15 is 0 Å². The van der Waals surface area contributed by atoms with Gasteiger partial charge in [-0.05, 0) is 88.8 Å². The van der Waals surface area contributed by atoms with Crippen LogP contribution in [0, 0.1) is 0 Å². The van der Waals surface area contributed by atoms with Gasteiger partial charge in [0.25, 0.3) is 0 Å². The van der Waals surface area contributed by atoms with E-state index in [9.17, 15) is 0 Å². The molecule has 2 unspecified atom stereocenters. The summed E-state index contributed by atoms with van der Waals surface area (Å²) in [6.45, 7) is 0. The van der Waals surface area contributed by atoms with Crippen LogP contribution in [0.3, 0.4) is 0 Å². The van der Waals surface area contributed by atoms with Gasteiger partial charge in [-0.3, -0.25) is 0 Å². The normalized spacial score (nSPS) is 16.7. The molecule has 0 fully saturated rings. The average molecular weight is 680 g/mol. The maximum atomic E-state index is 3.76. The van der Waals surface area contributed by atoms with Gasteiger partial charge >= 0.3 is 0 Å². The fourth-order valence-electron chi connectivity index (χ4n) is 8.93. The number of para-hydroxylation sites is 2. The number of hydrogen-bond acceptors (Lipinski definition) is 1. The molecule has 0 radical (unpaired) electrons. The van der Waals surface area contributed by atoms with E-state index in [2.05, 4.69) is 196 Å². The molecule has 3 heterocycles. The van der Waals surface area contributed by atoms with E-state index in [1.54, 1.807) is 0 Å². The van der Waals surface area contributed by atoms with Crippen molar-refractivity contribution in [1.29, 1.82) is 0 Å². The van der Waals surface area contributed by atoms with Crippen LogP contribution in [0.2, 0.25) is 0 Å². The summed E-state index contributed by atoms with van der Waals surface area (Å²) in [7, 11) is 0. The highest BCUT2D eigenvalue weighted by molar-refractivity contribution is 6.09. The molecule has 53 heavy (non-hydrogen) atoms. The van der Waals surface area contributed by atoms with E-state index in [1.807, 2.05) is 0 Å². The molecule has 3 heteroatoms. The summed E-state index contributed by atoms with van der Waals surface area (Å²) in [5.41, 5.74) is 11.3. The van der Waals surface area contributed by atoms with E-state index in [-0.39, 0.29) is 12.0 Å². The Morgan fingerprint density at radius 1 is 0.472 bits per heavy atom. The molecule has 7 aromatic carbocycles. The van der Waals surface area contributed by atoms with Crippen molar-refractivity contribution in [2.75, 3.05) is 0 Å². The minimum atomic E-state index is 0.286. The Labute approximate surface area is 308 Å². The molecule has 0 saturated heterocycles. The highest BCUT2D eigenvalue weighted by Gasteiger charge is 2.21. The first-order valence-electron chi connectivity index (χ1n) is 18.7. The molecule has 3 nitrogen and oxygen atoms in total. The Hall–Kier alpha value is -6.58. The summed E-state index contributed by atoms with van der Waals surface area (Å²) in [5, 5.41) is 12.8. The second kappa shape index (κ2) is 12.0. The lowest BCUT2D eigenvalue weighted by molar-refractivity contribution is 0.681. The SMILES string of the molecule is C1=C(c2ccccc2)NC(c2ccc(-n3c4c(c5ccccc53)=CC(c3ccc5c(c3)c3ccccc3n5-c3ccc5ccccc5c3)CC=4)cc2)C1. The number of nitrogens with zero attached hydrogens (tertiary/aromatic N) is 2. The number of hydrogen-bond donors (Lipinski definition) is 1. The molecule has 0 saturated carbocycles. The van der Waals surface area contributed by atoms with E-state index in [4.69, 9.17) is 0 Å². The van der Waals surface area contributed by atoms with E-state index in [1.165, 1.54) is 87.8 Å². The molecule has 0 spiro atoms. The zero-order valence-electron chi connectivity index (χ0n) is 29.3. The molecule has 2 aromatic heterocycles. The molecule has 1 N–H and O–H groups in total. The molecule has 0 amide bonds. The Morgan fingerprint density at radius 3 is 2.00 bits per heavy atom. The topological polar surface area (TPSA) is 21.9 Å². The van der Waals surface area contributed by atoms with Gasteiger partial charge in [0.05, 0.1) is 22.6 Å².